The highest BCUT2D eigenvalue weighted by molar-refractivity contribution is 5.66. The summed E-state index contributed by atoms with van der Waals surface area (Å²) in [5, 5.41) is 0. The van der Waals surface area contributed by atoms with E-state index < -0.39 is 11.7 Å². The van der Waals surface area contributed by atoms with E-state index in [1.165, 1.54) is 6.92 Å². The van der Waals surface area contributed by atoms with Gasteiger partial charge in [0, 0.05) is 31.8 Å². The molecule has 11 atom stereocenters. The summed E-state index contributed by atoms with van der Waals surface area (Å²) in [4.78, 5) is 12.1. The van der Waals surface area contributed by atoms with Crippen molar-refractivity contribution < 1.29 is 33.2 Å². The second kappa shape index (κ2) is 6.21. The SMILES string of the molecule is CO[C@H]1O[C@H]2C[C@@H]3[C@@](C)([C@@H]4C[C@H]5C=CO[C@H]5O4)[C@H](C)C[C@H](OC(C)=O)[C@@]13[C@@]1(CO1)C2. The highest BCUT2D eigenvalue weighted by Crippen LogP contribution is 2.74. The van der Waals surface area contributed by atoms with Crippen molar-refractivity contribution in [1.29, 1.82) is 0 Å². The van der Waals surface area contributed by atoms with Crippen molar-refractivity contribution in [3.05, 3.63) is 12.3 Å². The Morgan fingerprint density at radius 2 is 2.00 bits per heavy atom. The zero-order valence-corrected chi connectivity index (χ0v) is 18.2. The number of hydrogen-bond acceptors (Lipinski definition) is 7. The van der Waals surface area contributed by atoms with Gasteiger partial charge in [0.15, 0.2) is 6.29 Å². The Morgan fingerprint density at radius 3 is 2.67 bits per heavy atom. The van der Waals surface area contributed by atoms with Crippen LogP contribution in [0.3, 0.4) is 0 Å². The first kappa shape index (κ1) is 19.5. The van der Waals surface area contributed by atoms with Gasteiger partial charge in [0.1, 0.15) is 11.7 Å². The Hall–Kier alpha value is -1.15. The molecule has 166 valence electrons. The predicted octanol–water partition coefficient (Wildman–Crippen LogP) is 2.78. The van der Waals surface area contributed by atoms with E-state index in [0.29, 0.717) is 18.4 Å². The minimum atomic E-state index is -0.527. The van der Waals surface area contributed by atoms with Crippen LogP contribution < -0.4 is 0 Å². The Kier molecular flexibility index (Phi) is 4.04. The van der Waals surface area contributed by atoms with E-state index in [4.69, 9.17) is 28.4 Å². The van der Waals surface area contributed by atoms with Crippen molar-refractivity contribution in [3.8, 4) is 0 Å². The maximum absolute atomic E-state index is 12.1. The number of carbonyl (C=O) groups excluding carboxylic acids is 1. The standard InChI is InChI=1S/C23H32O7/c1-12-7-18(28-13(2)24)23-16(9-15(29-20(23)25-4)10-22(23)11-27-22)21(12,3)17-8-14-5-6-26-19(14)30-17/h5-6,12,14-20H,7-11H2,1-4H3/t12-,14-,15+,16-,17+,18+,19+,20+,21+,22+,23-/m1/s1. The van der Waals surface area contributed by atoms with Crippen LogP contribution >= 0.6 is 0 Å². The number of fused-ring (bicyclic) bond motifs is 2. The van der Waals surface area contributed by atoms with Crippen molar-refractivity contribution in [1.82, 2.24) is 0 Å². The molecule has 2 aliphatic carbocycles. The summed E-state index contributed by atoms with van der Waals surface area (Å²) in [5.41, 5.74) is -0.997. The zero-order valence-electron chi connectivity index (χ0n) is 18.2. The van der Waals surface area contributed by atoms with E-state index in [-0.39, 0.29) is 47.5 Å². The lowest BCUT2D eigenvalue weighted by molar-refractivity contribution is -0.380. The van der Waals surface area contributed by atoms with Gasteiger partial charge >= 0.3 is 5.97 Å². The third kappa shape index (κ3) is 2.22. The maximum atomic E-state index is 12.1. The number of ether oxygens (including phenoxy) is 6. The third-order valence-corrected chi connectivity index (χ3v) is 9.42. The second-order valence-electron chi connectivity index (χ2n) is 10.5. The van der Waals surface area contributed by atoms with Crippen LogP contribution in [0, 0.1) is 28.6 Å². The van der Waals surface area contributed by atoms with E-state index in [9.17, 15) is 4.79 Å². The molecule has 7 aliphatic rings. The van der Waals surface area contributed by atoms with Gasteiger partial charge in [-0.25, -0.2) is 0 Å². The normalized spacial score (nSPS) is 57.7. The van der Waals surface area contributed by atoms with Crippen LogP contribution in [0.5, 0.6) is 0 Å². The first-order chi connectivity index (χ1) is 14.3. The Morgan fingerprint density at radius 1 is 1.20 bits per heavy atom. The van der Waals surface area contributed by atoms with Crippen LogP contribution in [0.2, 0.25) is 0 Å². The van der Waals surface area contributed by atoms with Crippen LogP contribution in [0.1, 0.15) is 46.5 Å². The molecular formula is C23H32O7. The smallest absolute Gasteiger partial charge is 0.302 e. The van der Waals surface area contributed by atoms with Crippen molar-refractivity contribution in [2.75, 3.05) is 13.7 Å². The van der Waals surface area contributed by atoms with E-state index >= 15 is 0 Å². The molecule has 0 N–H and O–H groups in total. The fourth-order valence-electron chi connectivity index (χ4n) is 7.92. The van der Waals surface area contributed by atoms with Crippen LogP contribution in [-0.4, -0.2) is 56.2 Å². The molecule has 7 nitrogen and oxygen atoms in total. The van der Waals surface area contributed by atoms with Gasteiger partial charge in [0.05, 0.1) is 30.5 Å². The van der Waals surface area contributed by atoms with Crippen molar-refractivity contribution in [2.45, 2.75) is 82.9 Å². The monoisotopic (exact) mass is 420 g/mol. The minimum absolute atomic E-state index is 0.0697. The third-order valence-electron chi connectivity index (χ3n) is 9.42. The molecular weight excluding hydrogens is 388 g/mol. The van der Waals surface area contributed by atoms with E-state index in [0.717, 1.165) is 25.7 Å². The molecule has 0 amide bonds. The molecule has 0 unspecified atom stereocenters. The molecule has 0 radical (unpaired) electrons. The lowest BCUT2D eigenvalue weighted by Crippen LogP contribution is -2.76. The first-order valence-corrected chi connectivity index (χ1v) is 11.3. The van der Waals surface area contributed by atoms with Gasteiger partial charge in [-0.2, -0.15) is 0 Å². The summed E-state index contributed by atoms with van der Waals surface area (Å²) in [7, 11) is 1.70. The van der Waals surface area contributed by atoms with Crippen LogP contribution in [-0.2, 0) is 33.2 Å². The first-order valence-electron chi connectivity index (χ1n) is 11.3. The van der Waals surface area contributed by atoms with Crippen molar-refractivity contribution in [3.63, 3.8) is 0 Å². The summed E-state index contributed by atoms with van der Waals surface area (Å²) in [6.45, 7) is 6.82. The van der Waals surface area contributed by atoms with Crippen molar-refractivity contribution >= 4 is 5.97 Å². The molecule has 0 aromatic carbocycles. The molecule has 6 fully saturated rings. The van der Waals surface area contributed by atoms with Crippen molar-refractivity contribution in [2.24, 2.45) is 28.6 Å². The van der Waals surface area contributed by atoms with E-state index in [1.54, 1.807) is 13.4 Å². The van der Waals surface area contributed by atoms with Crippen LogP contribution in [0.25, 0.3) is 0 Å². The zero-order chi connectivity index (χ0) is 20.9. The Bertz CT molecular complexity index is 778. The molecule has 5 aliphatic heterocycles. The average Bonchev–Trinajstić information content (AvgIpc) is 3.12. The average molecular weight is 421 g/mol. The number of rotatable bonds is 3. The largest absolute Gasteiger partial charge is 0.472 e. The van der Waals surface area contributed by atoms with Gasteiger partial charge in [-0.05, 0) is 37.2 Å². The number of epoxide rings is 1. The fraction of sp³-hybridized carbons (Fsp3) is 0.870. The summed E-state index contributed by atoms with van der Waals surface area (Å²) >= 11 is 0. The highest BCUT2D eigenvalue weighted by atomic mass is 16.7. The molecule has 0 aromatic rings. The van der Waals surface area contributed by atoms with Gasteiger partial charge in [-0.1, -0.05) is 13.8 Å². The minimum Gasteiger partial charge on any atom is -0.472 e. The summed E-state index contributed by atoms with van der Waals surface area (Å²) < 4.78 is 36.8. The quantitative estimate of drug-likeness (QED) is 0.513. The fourth-order valence-corrected chi connectivity index (χ4v) is 7.92. The molecule has 7 heteroatoms. The van der Waals surface area contributed by atoms with Crippen LogP contribution in [0.4, 0.5) is 0 Å². The lowest BCUT2D eigenvalue weighted by Gasteiger charge is -2.69. The molecule has 0 aromatic heterocycles. The number of carbonyl (C=O) groups is 1. The molecule has 2 bridgehead atoms. The lowest BCUT2D eigenvalue weighted by atomic mass is 9.40. The Labute approximate surface area is 177 Å². The molecule has 5 heterocycles. The molecule has 2 saturated carbocycles. The number of esters is 1. The number of methoxy groups -OCH3 is 1. The maximum Gasteiger partial charge on any atom is 0.302 e. The van der Waals surface area contributed by atoms with E-state index in [2.05, 4.69) is 19.9 Å². The van der Waals surface area contributed by atoms with Gasteiger partial charge in [-0.3, -0.25) is 4.79 Å². The van der Waals surface area contributed by atoms with Gasteiger partial charge in [0.2, 0.25) is 6.29 Å². The van der Waals surface area contributed by atoms with Gasteiger partial charge < -0.3 is 28.4 Å². The predicted molar refractivity (Wildman–Crippen MR) is 104 cm³/mol. The summed E-state index contributed by atoms with van der Waals surface area (Å²) in [6, 6.07) is 0. The number of hydrogen-bond donors (Lipinski definition) is 0. The summed E-state index contributed by atoms with van der Waals surface area (Å²) in [6.07, 6.45) is 6.57. The van der Waals surface area contributed by atoms with Gasteiger partial charge in [0.25, 0.3) is 0 Å². The van der Waals surface area contributed by atoms with E-state index in [1.807, 2.05) is 0 Å². The molecule has 4 saturated heterocycles. The molecule has 30 heavy (non-hydrogen) atoms. The van der Waals surface area contributed by atoms with Crippen LogP contribution in [0.15, 0.2) is 12.3 Å². The second-order valence-corrected chi connectivity index (χ2v) is 10.5. The summed E-state index contributed by atoms with van der Waals surface area (Å²) in [5.74, 6) is 0.554. The topological polar surface area (TPSA) is 75.8 Å². The molecule has 7 rings (SSSR count). The highest BCUT2D eigenvalue weighted by Gasteiger charge is 2.82. The molecule has 2 spiro atoms. The van der Waals surface area contributed by atoms with Gasteiger partial charge in [-0.15, -0.1) is 0 Å². The Balaban J connectivity index is 1.47.